The van der Waals surface area contributed by atoms with Crippen LogP contribution in [0.15, 0.2) is 26.5 Å². The van der Waals surface area contributed by atoms with Gasteiger partial charge < -0.3 is 14.2 Å². The fraction of sp³-hybridized carbons (Fsp3) is 0.444. The summed E-state index contributed by atoms with van der Waals surface area (Å²) in [5.74, 6) is 0.605. The highest BCUT2D eigenvalue weighted by Crippen LogP contribution is 2.33. The molecule has 152 valence electrons. The summed E-state index contributed by atoms with van der Waals surface area (Å²) in [6, 6.07) is 1.56. The number of nitrogens with one attached hydrogen (secondary N) is 1. The van der Waals surface area contributed by atoms with Crippen LogP contribution in [0.2, 0.25) is 0 Å². The van der Waals surface area contributed by atoms with E-state index >= 15 is 0 Å². The Hall–Kier alpha value is -2.63. The van der Waals surface area contributed by atoms with Gasteiger partial charge in [-0.25, -0.2) is 18.4 Å². The van der Waals surface area contributed by atoms with Crippen molar-refractivity contribution >= 4 is 21.1 Å². The van der Waals surface area contributed by atoms with Crippen molar-refractivity contribution in [3.63, 3.8) is 0 Å². The Bertz CT molecular complexity index is 1260. The maximum Gasteiger partial charge on any atom is 0.258 e. The summed E-state index contributed by atoms with van der Waals surface area (Å²) < 4.78 is 38.4. The molecule has 0 saturated carbocycles. The van der Waals surface area contributed by atoms with Crippen LogP contribution in [0.5, 0.6) is 0 Å². The Kier molecular flexibility index (Phi) is 4.26. The van der Waals surface area contributed by atoms with Gasteiger partial charge in [-0.2, -0.15) is 4.31 Å². The second-order valence-electron chi connectivity index (χ2n) is 7.33. The molecule has 29 heavy (non-hydrogen) atoms. The van der Waals surface area contributed by atoms with Crippen molar-refractivity contribution in [2.75, 3.05) is 13.2 Å². The summed E-state index contributed by atoms with van der Waals surface area (Å²) in [5.41, 5.74) is 1.58. The standard InChI is InChI=1S/C18H19N5O5S/c1-10-20-15-9-23(8-14(15)17(24)21-10)29(25,26)12-6-13-16(11-2-4-27-5-3-11)22-28-18(13)19-7-12/h6-7,11H,2-5,8-9H2,1H3,(H,20,21,24). The van der Waals surface area contributed by atoms with Crippen LogP contribution < -0.4 is 5.56 Å². The van der Waals surface area contributed by atoms with E-state index in [2.05, 4.69) is 20.1 Å². The van der Waals surface area contributed by atoms with E-state index in [-0.39, 0.29) is 29.5 Å². The molecule has 0 aromatic carbocycles. The van der Waals surface area contributed by atoms with E-state index in [1.54, 1.807) is 13.0 Å². The second kappa shape index (κ2) is 6.71. The molecular formula is C18H19N5O5S. The predicted molar refractivity (Wildman–Crippen MR) is 101 cm³/mol. The van der Waals surface area contributed by atoms with Crippen LogP contribution in [0.1, 0.15) is 41.5 Å². The number of pyridine rings is 1. The summed E-state index contributed by atoms with van der Waals surface area (Å²) in [5, 5.41) is 4.74. The number of ether oxygens (including phenoxy) is 1. The van der Waals surface area contributed by atoms with E-state index in [9.17, 15) is 13.2 Å². The van der Waals surface area contributed by atoms with Crippen molar-refractivity contribution in [1.29, 1.82) is 0 Å². The zero-order valence-electron chi connectivity index (χ0n) is 15.7. The highest BCUT2D eigenvalue weighted by atomic mass is 32.2. The van der Waals surface area contributed by atoms with Crippen molar-refractivity contribution in [2.45, 2.75) is 43.7 Å². The Morgan fingerprint density at radius 1 is 1.24 bits per heavy atom. The largest absolute Gasteiger partial charge is 0.381 e. The maximum absolute atomic E-state index is 13.2. The van der Waals surface area contributed by atoms with Gasteiger partial charge in [0.1, 0.15) is 10.7 Å². The summed E-state index contributed by atoms with van der Waals surface area (Å²) in [7, 11) is -3.87. The van der Waals surface area contributed by atoms with Crippen LogP contribution in [-0.4, -0.2) is 46.0 Å². The number of nitrogens with zero attached hydrogens (tertiary/aromatic N) is 4. The van der Waals surface area contributed by atoms with E-state index in [0.717, 1.165) is 12.8 Å². The van der Waals surface area contributed by atoms with Crippen LogP contribution in [0.25, 0.3) is 11.1 Å². The Morgan fingerprint density at radius 3 is 2.83 bits per heavy atom. The Morgan fingerprint density at radius 2 is 2.03 bits per heavy atom. The molecule has 5 rings (SSSR count). The van der Waals surface area contributed by atoms with Gasteiger partial charge in [0.2, 0.25) is 10.0 Å². The third-order valence-electron chi connectivity index (χ3n) is 5.46. The van der Waals surface area contributed by atoms with Gasteiger partial charge in [-0.15, -0.1) is 0 Å². The normalized spacial score (nSPS) is 18.4. The highest BCUT2D eigenvalue weighted by molar-refractivity contribution is 7.89. The molecule has 0 spiro atoms. The van der Waals surface area contributed by atoms with Gasteiger partial charge in [0.25, 0.3) is 11.3 Å². The molecule has 11 heteroatoms. The molecule has 0 amide bonds. The molecule has 10 nitrogen and oxygen atoms in total. The minimum Gasteiger partial charge on any atom is -0.381 e. The highest BCUT2D eigenvalue weighted by Gasteiger charge is 2.34. The maximum atomic E-state index is 13.2. The number of aromatic nitrogens is 4. The number of aryl methyl sites for hydroxylation is 1. The van der Waals surface area contributed by atoms with Crippen molar-refractivity contribution in [3.8, 4) is 0 Å². The van der Waals surface area contributed by atoms with E-state index < -0.39 is 10.0 Å². The van der Waals surface area contributed by atoms with Crippen molar-refractivity contribution in [3.05, 3.63) is 45.4 Å². The lowest BCUT2D eigenvalue weighted by Gasteiger charge is -2.20. The molecule has 1 N–H and O–H groups in total. The lowest BCUT2D eigenvalue weighted by Crippen LogP contribution is -2.26. The first-order valence-corrected chi connectivity index (χ1v) is 10.8. The van der Waals surface area contributed by atoms with E-state index in [4.69, 9.17) is 9.26 Å². The molecule has 1 saturated heterocycles. The number of H-pyrrole nitrogens is 1. The minimum atomic E-state index is -3.87. The van der Waals surface area contributed by atoms with Gasteiger partial charge in [0.05, 0.1) is 35.1 Å². The number of fused-ring (bicyclic) bond motifs is 2. The molecule has 0 radical (unpaired) electrons. The molecule has 0 bridgehead atoms. The fourth-order valence-electron chi connectivity index (χ4n) is 3.92. The third-order valence-corrected chi connectivity index (χ3v) is 7.22. The Labute approximate surface area is 165 Å². The zero-order chi connectivity index (χ0) is 20.2. The number of rotatable bonds is 3. The third kappa shape index (κ3) is 3.05. The summed E-state index contributed by atoms with van der Waals surface area (Å²) in [6.45, 7) is 2.97. The molecule has 1 fully saturated rings. The molecule has 3 aromatic heterocycles. The number of sulfonamides is 1. The molecule has 3 aromatic rings. The van der Waals surface area contributed by atoms with Crippen molar-refractivity contribution in [1.82, 2.24) is 24.4 Å². The topological polar surface area (TPSA) is 131 Å². The van der Waals surface area contributed by atoms with E-state index in [0.29, 0.717) is 47.1 Å². The average molecular weight is 417 g/mol. The van der Waals surface area contributed by atoms with Gasteiger partial charge in [-0.1, -0.05) is 5.16 Å². The monoisotopic (exact) mass is 417 g/mol. The van der Waals surface area contributed by atoms with Gasteiger partial charge in [0, 0.05) is 25.7 Å². The quantitative estimate of drug-likeness (QED) is 0.673. The first-order chi connectivity index (χ1) is 13.9. The molecule has 0 aliphatic carbocycles. The first kappa shape index (κ1) is 18.4. The van der Waals surface area contributed by atoms with Gasteiger partial charge in [-0.3, -0.25) is 4.79 Å². The van der Waals surface area contributed by atoms with E-state index in [1.807, 2.05) is 0 Å². The molecule has 2 aliphatic heterocycles. The predicted octanol–water partition coefficient (Wildman–Crippen LogP) is 1.21. The van der Waals surface area contributed by atoms with E-state index in [1.165, 1.54) is 10.5 Å². The Balaban J connectivity index is 1.51. The van der Waals surface area contributed by atoms with Crippen LogP contribution in [0.4, 0.5) is 0 Å². The van der Waals surface area contributed by atoms with Crippen LogP contribution in [0.3, 0.4) is 0 Å². The number of aromatic amines is 1. The molecule has 0 atom stereocenters. The zero-order valence-corrected chi connectivity index (χ0v) is 16.5. The van der Waals surface area contributed by atoms with Gasteiger partial charge >= 0.3 is 0 Å². The van der Waals surface area contributed by atoms with Crippen LogP contribution in [0, 0.1) is 6.92 Å². The van der Waals surface area contributed by atoms with Crippen LogP contribution in [-0.2, 0) is 27.8 Å². The minimum absolute atomic E-state index is 0.0191. The van der Waals surface area contributed by atoms with Gasteiger partial charge in [-0.05, 0) is 25.8 Å². The second-order valence-corrected chi connectivity index (χ2v) is 9.27. The summed E-state index contributed by atoms with van der Waals surface area (Å²) >= 11 is 0. The van der Waals surface area contributed by atoms with Crippen LogP contribution >= 0.6 is 0 Å². The summed E-state index contributed by atoms with van der Waals surface area (Å²) in [6.07, 6.45) is 2.87. The van der Waals surface area contributed by atoms with Crippen molar-refractivity contribution < 1.29 is 17.7 Å². The lowest BCUT2D eigenvalue weighted by atomic mass is 9.95. The molecular weight excluding hydrogens is 398 g/mol. The number of hydrogen-bond donors (Lipinski definition) is 1. The molecule has 0 unspecified atom stereocenters. The fourth-order valence-corrected chi connectivity index (χ4v) is 5.26. The lowest BCUT2D eigenvalue weighted by molar-refractivity contribution is 0.0840. The number of hydrogen-bond acceptors (Lipinski definition) is 8. The summed E-state index contributed by atoms with van der Waals surface area (Å²) in [4.78, 5) is 23.2. The SMILES string of the molecule is Cc1nc2c(c(=O)[nH]1)CN(S(=O)(=O)c1cnc3onc(C4CCOCC4)c3c1)C2. The molecule has 5 heterocycles. The smallest absolute Gasteiger partial charge is 0.258 e. The average Bonchev–Trinajstić information content (AvgIpc) is 3.33. The first-order valence-electron chi connectivity index (χ1n) is 9.35. The van der Waals surface area contributed by atoms with Gasteiger partial charge in [0.15, 0.2) is 0 Å². The molecule has 2 aliphatic rings. The van der Waals surface area contributed by atoms with Crippen molar-refractivity contribution in [2.24, 2.45) is 0 Å².